The van der Waals surface area contributed by atoms with Crippen molar-refractivity contribution in [2.45, 2.75) is 19.8 Å². The van der Waals surface area contributed by atoms with E-state index in [1.54, 1.807) is 31.4 Å². The van der Waals surface area contributed by atoms with E-state index in [-0.39, 0.29) is 43.4 Å². The highest BCUT2D eigenvalue weighted by Gasteiger charge is 2.34. The molecular formula is C25H26N2O7S. The average molecular weight is 499 g/mol. The van der Waals surface area contributed by atoms with Gasteiger partial charge in [-0.25, -0.2) is 0 Å². The van der Waals surface area contributed by atoms with Crippen molar-refractivity contribution in [3.8, 4) is 23.0 Å². The Labute approximate surface area is 207 Å². The van der Waals surface area contributed by atoms with Gasteiger partial charge in [0.1, 0.15) is 0 Å². The molecule has 2 aromatic carbocycles. The van der Waals surface area contributed by atoms with E-state index in [9.17, 15) is 14.4 Å². The Hall–Kier alpha value is -3.66. The van der Waals surface area contributed by atoms with Gasteiger partial charge in [-0.3, -0.25) is 19.3 Å². The van der Waals surface area contributed by atoms with Crippen LogP contribution in [0.25, 0.3) is 6.08 Å². The SMILES string of the molecule is CCOc1ccc(/C=C2\SC(=O)N(CCNC(=O)CCc3ccc4c(c3)OCO4)C2=O)cc1OC. The molecule has 9 nitrogen and oxygen atoms in total. The van der Waals surface area contributed by atoms with Crippen molar-refractivity contribution >= 4 is 34.9 Å². The summed E-state index contributed by atoms with van der Waals surface area (Å²) in [7, 11) is 1.54. The molecule has 0 aliphatic carbocycles. The zero-order valence-electron chi connectivity index (χ0n) is 19.5. The average Bonchev–Trinajstić information content (AvgIpc) is 3.43. The molecule has 1 fully saturated rings. The molecule has 1 saturated heterocycles. The van der Waals surface area contributed by atoms with Gasteiger partial charge in [-0.1, -0.05) is 12.1 Å². The molecule has 0 atom stereocenters. The Morgan fingerprint density at radius 3 is 2.77 bits per heavy atom. The van der Waals surface area contributed by atoms with Gasteiger partial charge in [0.15, 0.2) is 23.0 Å². The molecule has 2 heterocycles. The van der Waals surface area contributed by atoms with E-state index in [2.05, 4.69) is 5.32 Å². The molecule has 0 radical (unpaired) electrons. The smallest absolute Gasteiger partial charge is 0.293 e. The zero-order valence-corrected chi connectivity index (χ0v) is 20.3. The van der Waals surface area contributed by atoms with Crippen molar-refractivity contribution in [1.82, 2.24) is 10.2 Å². The van der Waals surface area contributed by atoms with Gasteiger partial charge >= 0.3 is 0 Å². The van der Waals surface area contributed by atoms with Crippen LogP contribution in [0.5, 0.6) is 23.0 Å². The lowest BCUT2D eigenvalue weighted by Crippen LogP contribution is -2.37. The van der Waals surface area contributed by atoms with Gasteiger partial charge in [-0.05, 0) is 66.6 Å². The van der Waals surface area contributed by atoms with E-state index in [0.717, 1.165) is 22.2 Å². The van der Waals surface area contributed by atoms with Crippen molar-refractivity contribution in [2.75, 3.05) is 33.6 Å². The van der Waals surface area contributed by atoms with Crippen LogP contribution < -0.4 is 24.3 Å². The summed E-state index contributed by atoms with van der Waals surface area (Å²) >= 11 is 0.872. The van der Waals surface area contributed by atoms with Crippen LogP contribution in [0.2, 0.25) is 0 Å². The van der Waals surface area contributed by atoms with Gasteiger partial charge in [-0.2, -0.15) is 0 Å². The number of ether oxygens (including phenoxy) is 4. The largest absolute Gasteiger partial charge is 0.493 e. The summed E-state index contributed by atoms with van der Waals surface area (Å²) in [6.45, 7) is 2.87. The van der Waals surface area contributed by atoms with Gasteiger partial charge in [0.25, 0.3) is 11.1 Å². The quantitative estimate of drug-likeness (QED) is 0.496. The third kappa shape index (κ3) is 5.89. The van der Waals surface area contributed by atoms with Gasteiger partial charge in [0.2, 0.25) is 12.7 Å². The van der Waals surface area contributed by atoms with E-state index < -0.39 is 0 Å². The highest BCUT2D eigenvalue weighted by Crippen LogP contribution is 2.35. The molecule has 0 saturated carbocycles. The Morgan fingerprint density at radius 2 is 1.97 bits per heavy atom. The molecule has 4 rings (SSSR count). The van der Waals surface area contributed by atoms with Gasteiger partial charge in [0, 0.05) is 19.5 Å². The standard InChI is InChI=1S/C25H26N2O7S/c1-3-32-18-8-5-17(13-20(18)31-2)14-22-24(29)27(25(30)35-22)11-10-26-23(28)9-6-16-4-7-19-21(12-16)34-15-33-19/h4-5,7-8,12-14H,3,6,9-11,15H2,1-2H3,(H,26,28)/b22-14-. The maximum absolute atomic E-state index is 12.7. The van der Waals surface area contributed by atoms with Crippen molar-refractivity contribution in [3.05, 3.63) is 52.4 Å². The van der Waals surface area contributed by atoms with Crippen LogP contribution in [0.4, 0.5) is 4.79 Å². The van der Waals surface area contributed by atoms with Crippen LogP contribution in [0.3, 0.4) is 0 Å². The topological polar surface area (TPSA) is 103 Å². The number of aryl methyl sites for hydroxylation is 1. The Morgan fingerprint density at radius 1 is 1.14 bits per heavy atom. The van der Waals surface area contributed by atoms with E-state index in [0.29, 0.717) is 46.5 Å². The number of imide groups is 1. The van der Waals surface area contributed by atoms with E-state index in [4.69, 9.17) is 18.9 Å². The lowest BCUT2D eigenvalue weighted by molar-refractivity contribution is -0.124. The second-order valence-electron chi connectivity index (χ2n) is 7.71. The van der Waals surface area contributed by atoms with Crippen LogP contribution >= 0.6 is 11.8 Å². The summed E-state index contributed by atoms with van der Waals surface area (Å²) in [5, 5.41) is 2.40. The van der Waals surface area contributed by atoms with Crippen LogP contribution in [0.15, 0.2) is 41.3 Å². The predicted molar refractivity (Wildman–Crippen MR) is 131 cm³/mol. The molecule has 184 valence electrons. The number of carbonyl (C=O) groups is 3. The van der Waals surface area contributed by atoms with Crippen molar-refractivity contribution in [3.63, 3.8) is 0 Å². The second-order valence-corrected chi connectivity index (χ2v) is 8.71. The molecule has 10 heteroatoms. The minimum Gasteiger partial charge on any atom is -0.493 e. The lowest BCUT2D eigenvalue weighted by Gasteiger charge is -2.13. The maximum atomic E-state index is 12.7. The van der Waals surface area contributed by atoms with Crippen molar-refractivity contribution in [1.29, 1.82) is 0 Å². The number of hydrogen-bond donors (Lipinski definition) is 1. The predicted octanol–water partition coefficient (Wildman–Crippen LogP) is 3.61. The molecule has 0 unspecified atom stereocenters. The molecule has 0 aromatic heterocycles. The number of rotatable bonds is 10. The Balaban J connectivity index is 1.27. The first-order chi connectivity index (χ1) is 17.0. The van der Waals surface area contributed by atoms with Crippen LogP contribution in [0.1, 0.15) is 24.5 Å². The number of carbonyl (C=O) groups excluding carboxylic acids is 3. The summed E-state index contributed by atoms with van der Waals surface area (Å²) in [5.41, 5.74) is 1.68. The highest BCUT2D eigenvalue weighted by atomic mass is 32.2. The summed E-state index contributed by atoms with van der Waals surface area (Å²) in [4.78, 5) is 38.8. The van der Waals surface area contributed by atoms with Gasteiger partial charge < -0.3 is 24.3 Å². The minimum atomic E-state index is -0.387. The summed E-state index contributed by atoms with van der Waals surface area (Å²) in [6, 6.07) is 10.9. The minimum absolute atomic E-state index is 0.102. The van der Waals surface area contributed by atoms with Gasteiger partial charge in [0.05, 0.1) is 18.6 Å². The van der Waals surface area contributed by atoms with Crippen molar-refractivity contribution < 1.29 is 33.3 Å². The van der Waals surface area contributed by atoms with Crippen LogP contribution in [-0.4, -0.2) is 55.6 Å². The molecule has 0 spiro atoms. The summed E-state index contributed by atoms with van der Waals surface area (Å²) in [5.74, 6) is 1.98. The number of benzene rings is 2. The van der Waals surface area contributed by atoms with E-state index >= 15 is 0 Å². The maximum Gasteiger partial charge on any atom is 0.293 e. The number of hydrogen-bond acceptors (Lipinski definition) is 8. The number of thioether (sulfide) groups is 1. The van der Waals surface area contributed by atoms with E-state index in [1.807, 2.05) is 25.1 Å². The molecule has 0 bridgehead atoms. The molecular weight excluding hydrogens is 472 g/mol. The number of amides is 3. The molecule has 2 aromatic rings. The Kier molecular flexibility index (Phi) is 7.81. The fourth-order valence-corrected chi connectivity index (χ4v) is 4.51. The summed E-state index contributed by atoms with van der Waals surface area (Å²) in [6.07, 6.45) is 2.46. The molecule has 2 aliphatic rings. The first-order valence-electron chi connectivity index (χ1n) is 11.2. The third-order valence-electron chi connectivity index (χ3n) is 5.39. The zero-order chi connectivity index (χ0) is 24.8. The molecule has 3 amide bonds. The number of methoxy groups -OCH3 is 1. The number of fused-ring (bicyclic) bond motifs is 1. The van der Waals surface area contributed by atoms with Crippen LogP contribution in [-0.2, 0) is 16.0 Å². The van der Waals surface area contributed by atoms with E-state index in [1.165, 1.54) is 0 Å². The first kappa shape index (κ1) is 24.5. The molecule has 1 N–H and O–H groups in total. The first-order valence-corrected chi connectivity index (χ1v) is 12.0. The fraction of sp³-hybridized carbons (Fsp3) is 0.320. The molecule has 35 heavy (non-hydrogen) atoms. The highest BCUT2D eigenvalue weighted by molar-refractivity contribution is 8.18. The fourth-order valence-electron chi connectivity index (χ4n) is 3.64. The lowest BCUT2D eigenvalue weighted by atomic mass is 10.1. The number of nitrogens with one attached hydrogen (secondary N) is 1. The van der Waals surface area contributed by atoms with Crippen LogP contribution in [0, 0.1) is 0 Å². The van der Waals surface area contributed by atoms with Crippen molar-refractivity contribution in [2.24, 2.45) is 0 Å². The monoisotopic (exact) mass is 498 g/mol. The summed E-state index contributed by atoms with van der Waals surface area (Å²) < 4.78 is 21.5. The van der Waals surface area contributed by atoms with Gasteiger partial charge in [-0.15, -0.1) is 0 Å². The second kappa shape index (κ2) is 11.2. The Bertz CT molecular complexity index is 1160. The molecule has 2 aliphatic heterocycles. The number of nitrogens with zero attached hydrogens (tertiary/aromatic N) is 1. The third-order valence-corrected chi connectivity index (χ3v) is 6.30. The normalized spacial score (nSPS) is 15.6.